The quantitative estimate of drug-likeness (QED) is 0.665. The van der Waals surface area contributed by atoms with Crippen LogP contribution in [0.15, 0.2) is 59.1 Å². The van der Waals surface area contributed by atoms with Gasteiger partial charge in [0.25, 0.3) is 0 Å². The van der Waals surface area contributed by atoms with Crippen LogP contribution in [0.25, 0.3) is 0 Å². The van der Waals surface area contributed by atoms with Crippen LogP contribution in [0.4, 0.5) is 13.2 Å². The Hall–Kier alpha value is -1.29. The SMILES string of the molecule is FC(F)(F)[C@H](CCc1ccccc1)c1ccc(Br)cc1. The maximum absolute atomic E-state index is 13.2. The molecule has 2 aromatic carbocycles. The summed E-state index contributed by atoms with van der Waals surface area (Å²) in [5.74, 6) is -1.42. The summed E-state index contributed by atoms with van der Waals surface area (Å²) in [5.41, 5.74) is 1.25. The van der Waals surface area contributed by atoms with Gasteiger partial charge in [0.05, 0.1) is 5.92 Å². The lowest BCUT2D eigenvalue weighted by atomic mass is 9.92. The van der Waals surface area contributed by atoms with Crippen LogP contribution in [0.1, 0.15) is 23.5 Å². The van der Waals surface area contributed by atoms with Crippen molar-refractivity contribution in [2.24, 2.45) is 0 Å². The molecule has 0 radical (unpaired) electrons. The zero-order valence-corrected chi connectivity index (χ0v) is 12.3. The number of hydrogen-bond acceptors (Lipinski definition) is 0. The fourth-order valence-electron chi connectivity index (χ4n) is 2.17. The Labute approximate surface area is 124 Å². The average Bonchev–Trinajstić information content (AvgIpc) is 2.41. The zero-order valence-electron chi connectivity index (χ0n) is 10.7. The number of alkyl halides is 3. The van der Waals surface area contributed by atoms with Crippen LogP contribution in [0.3, 0.4) is 0 Å². The highest BCUT2D eigenvalue weighted by molar-refractivity contribution is 9.10. The molecule has 1 atom stereocenters. The summed E-state index contributed by atoms with van der Waals surface area (Å²) in [6, 6.07) is 15.6. The van der Waals surface area contributed by atoms with Gasteiger partial charge < -0.3 is 0 Å². The summed E-state index contributed by atoms with van der Waals surface area (Å²) in [6.07, 6.45) is -3.74. The molecule has 0 aliphatic carbocycles. The van der Waals surface area contributed by atoms with Crippen LogP contribution in [0, 0.1) is 0 Å². The van der Waals surface area contributed by atoms with E-state index >= 15 is 0 Å². The molecular formula is C16H14BrF3. The van der Waals surface area contributed by atoms with E-state index in [0.717, 1.165) is 10.0 Å². The summed E-state index contributed by atoms with van der Waals surface area (Å²) in [6.45, 7) is 0. The van der Waals surface area contributed by atoms with E-state index in [1.807, 2.05) is 30.3 Å². The van der Waals surface area contributed by atoms with E-state index in [-0.39, 0.29) is 6.42 Å². The van der Waals surface area contributed by atoms with Crippen LogP contribution >= 0.6 is 15.9 Å². The van der Waals surface area contributed by atoms with Crippen molar-refractivity contribution in [1.82, 2.24) is 0 Å². The minimum Gasteiger partial charge on any atom is -0.170 e. The number of rotatable bonds is 4. The number of halogens is 4. The molecule has 0 aliphatic rings. The number of aryl methyl sites for hydroxylation is 1. The molecule has 106 valence electrons. The smallest absolute Gasteiger partial charge is 0.170 e. The van der Waals surface area contributed by atoms with Gasteiger partial charge in [0, 0.05) is 4.47 Å². The fourth-order valence-corrected chi connectivity index (χ4v) is 2.43. The molecule has 0 spiro atoms. The van der Waals surface area contributed by atoms with E-state index in [2.05, 4.69) is 15.9 Å². The molecule has 0 nitrogen and oxygen atoms in total. The molecule has 0 unspecified atom stereocenters. The van der Waals surface area contributed by atoms with E-state index in [9.17, 15) is 13.2 Å². The summed E-state index contributed by atoms with van der Waals surface area (Å²) in [4.78, 5) is 0. The molecule has 0 amide bonds. The minimum absolute atomic E-state index is 0.0646. The Balaban J connectivity index is 2.14. The maximum Gasteiger partial charge on any atom is 0.395 e. The van der Waals surface area contributed by atoms with E-state index in [4.69, 9.17) is 0 Å². The Kier molecular flexibility index (Phi) is 4.86. The second kappa shape index (κ2) is 6.44. The van der Waals surface area contributed by atoms with Gasteiger partial charge in [-0.1, -0.05) is 58.4 Å². The number of benzene rings is 2. The summed E-state index contributed by atoms with van der Waals surface area (Å²) >= 11 is 3.24. The average molecular weight is 343 g/mol. The predicted octanol–water partition coefficient (Wildman–Crippen LogP) is 5.73. The van der Waals surface area contributed by atoms with Crippen molar-refractivity contribution in [3.05, 3.63) is 70.2 Å². The van der Waals surface area contributed by atoms with Gasteiger partial charge in [0.15, 0.2) is 0 Å². The first-order valence-corrected chi connectivity index (χ1v) is 7.12. The van der Waals surface area contributed by atoms with Crippen molar-refractivity contribution < 1.29 is 13.2 Å². The van der Waals surface area contributed by atoms with Crippen LogP contribution in [0.5, 0.6) is 0 Å². The Morgan fingerprint density at radius 3 is 2.05 bits per heavy atom. The first-order chi connectivity index (χ1) is 9.47. The highest BCUT2D eigenvalue weighted by Gasteiger charge is 2.40. The molecule has 2 rings (SSSR count). The topological polar surface area (TPSA) is 0 Å². The third-order valence-electron chi connectivity index (χ3n) is 3.23. The van der Waals surface area contributed by atoms with Crippen LogP contribution in [-0.2, 0) is 6.42 Å². The van der Waals surface area contributed by atoms with Crippen LogP contribution in [0.2, 0.25) is 0 Å². The molecule has 4 heteroatoms. The van der Waals surface area contributed by atoms with Crippen LogP contribution < -0.4 is 0 Å². The van der Waals surface area contributed by atoms with E-state index in [0.29, 0.717) is 12.0 Å². The molecule has 0 fully saturated rings. The highest BCUT2D eigenvalue weighted by atomic mass is 79.9. The molecule has 2 aromatic rings. The molecule has 0 saturated heterocycles. The van der Waals surface area contributed by atoms with Gasteiger partial charge in [0.1, 0.15) is 0 Å². The second-order valence-corrected chi connectivity index (χ2v) is 5.59. The largest absolute Gasteiger partial charge is 0.395 e. The standard InChI is InChI=1S/C16H14BrF3/c17-14-9-7-13(8-10-14)15(16(18,19)20)11-6-12-4-2-1-3-5-12/h1-5,7-10,15H,6,11H2/t15-/m1/s1. The Bertz CT molecular complexity index is 532. The van der Waals surface area contributed by atoms with Crippen molar-refractivity contribution in [3.8, 4) is 0 Å². The molecule has 0 N–H and O–H groups in total. The lowest BCUT2D eigenvalue weighted by Crippen LogP contribution is -2.21. The third kappa shape index (κ3) is 4.10. The maximum atomic E-state index is 13.2. The van der Waals surface area contributed by atoms with Gasteiger partial charge in [-0.15, -0.1) is 0 Å². The van der Waals surface area contributed by atoms with Crippen molar-refractivity contribution in [3.63, 3.8) is 0 Å². The van der Waals surface area contributed by atoms with E-state index in [1.165, 1.54) is 12.1 Å². The van der Waals surface area contributed by atoms with Gasteiger partial charge in [-0.05, 0) is 36.1 Å². The molecule has 0 heterocycles. The first-order valence-electron chi connectivity index (χ1n) is 6.33. The van der Waals surface area contributed by atoms with Gasteiger partial charge in [-0.25, -0.2) is 0 Å². The van der Waals surface area contributed by atoms with E-state index in [1.54, 1.807) is 12.1 Å². The summed E-state index contributed by atoms with van der Waals surface area (Å²) < 4.78 is 40.4. The lowest BCUT2D eigenvalue weighted by Gasteiger charge is -2.21. The Morgan fingerprint density at radius 2 is 1.50 bits per heavy atom. The normalized spacial score (nSPS) is 13.2. The van der Waals surface area contributed by atoms with Crippen molar-refractivity contribution in [2.45, 2.75) is 24.9 Å². The van der Waals surface area contributed by atoms with Gasteiger partial charge >= 0.3 is 6.18 Å². The molecule has 0 aromatic heterocycles. The minimum atomic E-state index is -4.22. The highest BCUT2D eigenvalue weighted by Crippen LogP contribution is 2.38. The third-order valence-corrected chi connectivity index (χ3v) is 3.76. The summed E-state index contributed by atoms with van der Waals surface area (Å²) in [5, 5.41) is 0. The predicted molar refractivity (Wildman–Crippen MR) is 77.7 cm³/mol. The van der Waals surface area contributed by atoms with Gasteiger partial charge in [0.2, 0.25) is 0 Å². The first kappa shape index (κ1) is 15.1. The van der Waals surface area contributed by atoms with Gasteiger partial charge in [-0.3, -0.25) is 0 Å². The van der Waals surface area contributed by atoms with Gasteiger partial charge in [-0.2, -0.15) is 13.2 Å². The molecular weight excluding hydrogens is 329 g/mol. The van der Waals surface area contributed by atoms with Crippen molar-refractivity contribution in [1.29, 1.82) is 0 Å². The Morgan fingerprint density at radius 1 is 0.900 bits per heavy atom. The number of hydrogen-bond donors (Lipinski definition) is 0. The molecule has 0 bridgehead atoms. The monoisotopic (exact) mass is 342 g/mol. The lowest BCUT2D eigenvalue weighted by molar-refractivity contribution is -0.151. The molecule has 0 saturated carbocycles. The zero-order chi connectivity index (χ0) is 14.6. The van der Waals surface area contributed by atoms with Crippen molar-refractivity contribution in [2.75, 3.05) is 0 Å². The summed E-state index contributed by atoms with van der Waals surface area (Å²) in [7, 11) is 0. The van der Waals surface area contributed by atoms with Crippen LogP contribution in [-0.4, -0.2) is 6.18 Å². The van der Waals surface area contributed by atoms with E-state index < -0.39 is 12.1 Å². The second-order valence-electron chi connectivity index (χ2n) is 4.67. The van der Waals surface area contributed by atoms with Crippen molar-refractivity contribution >= 4 is 15.9 Å². The molecule has 20 heavy (non-hydrogen) atoms. The molecule has 0 aliphatic heterocycles. The fraction of sp³-hybridized carbons (Fsp3) is 0.250.